The molecule has 0 bridgehead atoms. The fraction of sp³-hybridized carbons (Fsp3) is 0.208. The number of nitrogens with zero attached hydrogens (tertiary/aromatic N) is 2. The van der Waals surface area contributed by atoms with Gasteiger partial charge in [-0.1, -0.05) is 76.6 Å². The number of piperazine rings is 1. The average Bonchev–Trinajstić information content (AvgIpc) is 2.77. The summed E-state index contributed by atoms with van der Waals surface area (Å²) >= 11 is 3.54. The first-order valence-corrected chi connectivity index (χ1v) is 10.4. The highest BCUT2D eigenvalue weighted by Crippen LogP contribution is 2.30. The van der Waals surface area contributed by atoms with Gasteiger partial charge in [-0.15, -0.1) is 0 Å². The number of amides is 1. The SMILES string of the molecule is O=C(c1ccccc1)N1CCN([C@@H](c2ccccc2)c2ccc(Br)cc2)CC1. The molecule has 0 aromatic heterocycles. The molecule has 0 N–H and O–H groups in total. The van der Waals surface area contributed by atoms with Gasteiger partial charge < -0.3 is 4.90 Å². The van der Waals surface area contributed by atoms with Gasteiger partial charge in [0.1, 0.15) is 0 Å². The number of benzene rings is 3. The summed E-state index contributed by atoms with van der Waals surface area (Å²) in [6, 6.07) is 28.9. The summed E-state index contributed by atoms with van der Waals surface area (Å²) in [5.74, 6) is 0.125. The van der Waals surface area contributed by atoms with Crippen molar-refractivity contribution in [1.82, 2.24) is 9.80 Å². The molecule has 1 aliphatic heterocycles. The molecular formula is C24H23BrN2O. The van der Waals surface area contributed by atoms with E-state index in [2.05, 4.69) is 75.4 Å². The van der Waals surface area contributed by atoms with Crippen LogP contribution in [0.5, 0.6) is 0 Å². The minimum atomic E-state index is 0.125. The lowest BCUT2D eigenvalue weighted by molar-refractivity contribution is 0.0597. The summed E-state index contributed by atoms with van der Waals surface area (Å²) < 4.78 is 1.08. The van der Waals surface area contributed by atoms with Crippen molar-refractivity contribution >= 4 is 21.8 Å². The van der Waals surface area contributed by atoms with Gasteiger partial charge in [0.25, 0.3) is 5.91 Å². The molecule has 1 fully saturated rings. The Morgan fingerprint density at radius 3 is 1.86 bits per heavy atom. The molecule has 4 rings (SSSR count). The first-order chi connectivity index (χ1) is 13.7. The van der Waals surface area contributed by atoms with E-state index >= 15 is 0 Å². The normalized spacial score (nSPS) is 16.0. The van der Waals surface area contributed by atoms with E-state index in [-0.39, 0.29) is 11.9 Å². The molecule has 28 heavy (non-hydrogen) atoms. The maximum atomic E-state index is 12.8. The molecule has 0 radical (unpaired) electrons. The van der Waals surface area contributed by atoms with Crippen LogP contribution < -0.4 is 0 Å². The first kappa shape index (κ1) is 18.9. The van der Waals surface area contributed by atoms with Crippen LogP contribution in [0.25, 0.3) is 0 Å². The lowest BCUT2D eigenvalue weighted by Gasteiger charge is -2.39. The number of carbonyl (C=O) groups excluding carboxylic acids is 1. The van der Waals surface area contributed by atoms with Crippen LogP contribution >= 0.6 is 15.9 Å². The molecule has 3 nitrogen and oxygen atoms in total. The van der Waals surface area contributed by atoms with Gasteiger partial charge in [0.2, 0.25) is 0 Å². The van der Waals surface area contributed by atoms with Gasteiger partial charge in [0.05, 0.1) is 6.04 Å². The van der Waals surface area contributed by atoms with Crippen molar-refractivity contribution in [2.45, 2.75) is 6.04 Å². The van der Waals surface area contributed by atoms with E-state index in [4.69, 9.17) is 0 Å². The minimum absolute atomic E-state index is 0.125. The van der Waals surface area contributed by atoms with E-state index in [0.29, 0.717) is 0 Å². The average molecular weight is 435 g/mol. The zero-order valence-corrected chi connectivity index (χ0v) is 17.3. The van der Waals surface area contributed by atoms with E-state index in [1.54, 1.807) is 0 Å². The summed E-state index contributed by atoms with van der Waals surface area (Å²) in [5, 5.41) is 0. The van der Waals surface area contributed by atoms with Crippen LogP contribution in [0.15, 0.2) is 89.4 Å². The van der Waals surface area contributed by atoms with Gasteiger partial charge in [-0.3, -0.25) is 9.69 Å². The molecule has 1 amide bonds. The van der Waals surface area contributed by atoms with Crippen LogP contribution in [-0.2, 0) is 0 Å². The van der Waals surface area contributed by atoms with Gasteiger partial charge in [0, 0.05) is 36.2 Å². The smallest absolute Gasteiger partial charge is 0.253 e. The number of hydrogen-bond donors (Lipinski definition) is 0. The second-order valence-corrected chi connectivity index (χ2v) is 7.97. The van der Waals surface area contributed by atoms with Crippen molar-refractivity contribution in [3.8, 4) is 0 Å². The monoisotopic (exact) mass is 434 g/mol. The van der Waals surface area contributed by atoms with Gasteiger partial charge >= 0.3 is 0 Å². The van der Waals surface area contributed by atoms with Crippen molar-refractivity contribution in [3.63, 3.8) is 0 Å². The maximum Gasteiger partial charge on any atom is 0.253 e. The summed E-state index contributed by atoms with van der Waals surface area (Å²) in [6.07, 6.45) is 0. The van der Waals surface area contributed by atoms with E-state index < -0.39 is 0 Å². The number of rotatable bonds is 4. The fourth-order valence-electron chi connectivity index (χ4n) is 3.84. The highest BCUT2D eigenvalue weighted by atomic mass is 79.9. The van der Waals surface area contributed by atoms with Crippen molar-refractivity contribution in [3.05, 3.63) is 106 Å². The van der Waals surface area contributed by atoms with Crippen molar-refractivity contribution in [2.24, 2.45) is 0 Å². The quantitative estimate of drug-likeness (QED) is 0.576. The summed E-state index contributed by atoms with van der Waals surface area (Å²) in [7, 11) is 0. The molecule has 1 aliphatic rings. The molecule has 4 heteroatoms. The molecule has 0 saturated carbocycles. The lowest BCUT2D eigenvalue weighted by Crippen LogP contribution is -2.49. The van der Waals surface area contributed by atoms with E-state index in [1.807, 2.05) is 35.2 Å². The molecule has 0 aliphatic carbocycles. The van der Waals surface area contributed by atoms with Crippen LogP contribution in [0.2, 0.25) is 0 Å². The third-order valence-electron chi connectivity index (χ3n) is 5.29. The van der Waals surface area contributed by atoms with Crippen LogP contribution in [0.4, 0.5) is 0 Å². The minimum Gasteiger partial charge on any atom is -0.336 e. The van der Waals surface area contributed by atoms with Crippen LogP contribution in [-0.4, -0.2) is 41.9 Å². The highest BCUT2D eigenvalue weighted by Gasteiger charge is 2.28. The molecule has 0 spiro atoms. The number of halogens is 1. The summed E-state index contributed by atoms with van der Waals surface area (Å²) in [6.45, 7) is 3.20. The Hall–Kier alpha value is -2.43. The predicted molar refractivity (Wildman–Crippen MR) is 116 cm³/mol. The molecule has 142 valence electrons. The van der Waals surface area contributed by atoms with Gasteiger partial charge in [0.15, 0.2) is 0 Å². The van der Waals surface area contributed by atoms with Crippen LogP contribution in [0.3, 0.4) is 0 Å². The van der Waals surface area contributed by atoms with E-state index in [0.717, 1.165) is 36.2 Å². The third-order valence-corrected chi connectivity index (χ3v) is 5.82. The Morgan fingerprint density at radius 2 is 1.25 bits per heavy atom. The molecule has 3 aromatic rings. The first-order valence-electron chi connectivity index (χ1n) is 9.61. The lowest BCUT2D eigenvalue weighted by atomic mass is 9.96. The van der Waals surface area contributed by atoms with Crippen molar-refractivity contribution in [2.75, 3.05) is 26.2 Å². The molecule has 1 atom stereocenters. The molecular weight excluding hydrogens is 412 g/mol. The standard InChI is InChI=1S/C24H23BrN2O/c25-22-13-11-20(12-14-22)23(19-7-3-1-4-8-19)26-15-17-27(18-16-26)24(28)21-9-5-2-6-10-21/h1-14,23H,15-18H2/t23-/m0/s1. The number of carbonyl (C=O) groups is 1. The number of hydrogen-bond acceptors (Lipinski definition) is 2. The molecule has 1 heterocycles. The zero-order valence-electron chi connectivity index (χ0n) is 15.7. The maximum absolute atomic E-state index is 12.8. The highest BCUT2D eigenvalue weighted by molar-refractivity contribution is 9.10. The van der Waals surface area contributed by atoms with Crippen LogP contribution in [0.1, 0.15) is 27.5 Å². The molecule has 3 aromatic carbocycles. The Morgan fingerprint density at radius 1 is 0.714 bits per heavy atom. The van der Waals surface area contributed by atoms with E-state index in [1.165, 1.54) is 11.1 Å². The Bertz CT molecular complexity index is 904. The Balaban J connectivity index is 1.53. The summed E-state index contributed by atoms with van der Waals surface area (Å²) in [5.41, 5.74) is 3.33. The van der Waals surface area contributed by atoms with Crippen molar-refractivity contribution in [1.29, 1.82) is 0 Å². The molecule has 1 saturated heterocycles. The topological polar surface area (TPSA) is 23.6 Å². The summed E-state index contributed by atoms with van der Waals surface area (Å²) in [4.78, 5) is 17.2. The zero-order chi connectivity index (χ0) is 19.3. The third kappa shape index (κ3) is 4.18. The molecule has 0 unspecified atom stereocenters. The second kappa shape index (κ2) is 8.72. The van der Waals surface area contributed by atoms with E-state index in [9.17, 15) is 4.79 Å². The van der Waals surface area contributed by atoms with Gasteiger partial charge in [-0.25, -0.2) is 0 Å². The van der Waals surface area contributed by atoms with Gasteiger partial charge in [-0.2, -0.15) is 0 Å². The Kier molecular flexibility index (Phi) is 5.89. The Labute approximate surface area is 174 Å². The predicted octanol–water partition coefficient (Wildman–Crippen LogP) is 5.00. The fourth-order valence-corrected chi connectivity index (χ4v) is 4.11. The van der Waals surface area contributed by atoms with Crippen molar-refractivity contribution < 1.29 is 4.79 Å². The largest absolute Gasteiger partial charge is 0.336 e. The second-order valence-electron chi connectivity index (χ2n) is 7.06. The van der Waals surface area contributed by atoms with Gasteiger partial charge in [-0.05, 0) is 35.4 Å². The van der Waals surface area contributed by atoms with Crippen LogP contribution in [0, 0.1) is 0 Å².